The van der Waals surface area contributed by atoms with E-state index in [2.05, 4.69) is 15.9 Å². The summed E-state index contributed by atoms with van der Waals surface area (Å²) < 4.78 is 6.30. The van der Waals surface area contributed by atoms with Crippen molar-refractivity contribution in [2.75, 3.05) is 7.11 Å². The number of methoxy groups -OCH3 is 1. The van der Waals surface area contributed by atoms with E-state index in [1.165, 1.54) is 0 Å². The molecule has 0 aliphatic carbocycles. The molecule has 0 aromatic heterocycles. The largest absolute Gasteiger partial charge is 0.496 e. The van der Waals surface area contributed by atoms with E-state index in [4.69, 9.17) is 4.74 Å². The Balaban J connectivity index is 3.16. The molecule has 1 N–H and O–H groups in total. The van der Waals surface area contributed by atoms with Crippen LogP contribution in [0.25, 0.3) is 0 Å². The van der Waals surface area contributed by atoms with Crippen molar-refractivity contribution in [3.8, 4) is 5.75 Å². The lowest BCUT2D eigenvalue weighted by molar-refractivity contribution is 0.194. The molecule has 0 fully saturated rings. The van der Waals surface area contributed by atoms with Crippen LogP contribution in [0.1, 0.15) is 18.1 Å². The Morgan fingerprint density at radius 3 is 2.64 bits per heavy atom. The Kier molecular flexibility index (Phi) is 3.96. The van der Waals surface area contributed by atoms with Crippen LogP contribution in [0.2, 0.25) is 0 Å². The van der Waals surface area contributed by atoms with Gasteiger partial charge in [-0.1, -0.05) is 22.0 Å². The second-order valence-electron chi connectivity index (χ2n) is 3.43. The van der Waals surface area contributed by atoms with Gasteiger partial charge in [0.2, 0.25) is 0 Å². The van der Waals surface area contributed by atoms with Crippen LogP contribution < -0.4 is 4.74 Å². The maximum absolute atomic E-state index is 9.36. The van der Waals surface area contributed by atoms with Crippen molar-refractivity contribution in [1.82, 2.24) is 0 Å². The van der Waals surface area contributed by atoms with Crippen molar-refractivity contribution < 1.29 is 9.84 Å². The van der Waals surface area contributed by atoms with Crippen LogP contribution in [0.3, 0.4) is 0 Å². The molecule has 14 heavy (non-hydrogen) atoms. The molecular weight excluding hydrogens is 244 g/mol. The molecule has 0 radical (unpaired) electrons. The van der Waals surface area contributed by atoms with Crippen molar-refractivity contribution in [2.24, 2.45) is 0 Å². The Bertz CT molecular complexity index is 321. The Morgan fingerprint density at radius 2 is 2.14 bits per heavy atom. The number of benzene rings is 1. The van der Waals surface area contributed by atoms with Gasteiger partial charge in [-0.05, 0) is 25.5 Å². The van der Waals surface area contributed by atoms with Crippen molar-refractivity contribution in [3.05, 3.63) is 27.7 Å². The minimum absolute atomic E-state index is 0.359. The first-order valence-electron chi connectivity index (χ1n) is 4.56. The van der Waals surface area contributed by atoms with Gasteiger partial charge in [0.15, 0.2) is 0 Å². The molecule has 0 spiro atoms. The minimum Gasteiger partial charge on any atom is -0.496 e. The summed E-state index contributed by atoms with van der Waals surface area (Å²) in [6, 6.07) is 3.98. The van der Waals surface area contributed by atoms with Crippen molar-refractivity contribution in [1.29, 1.82) is 0 Å². The van der Waals surface area contributed by atoms with E-state index in [-0.39, 0.29) is 6.10 Å². The van der Waals surface area contributed by atoms with Gasteiger partial charge in [-0.2, -0.15) is 0 Å². The average Bonchev–Trinajstić information content (AvgIpc) is 2.11. The van der Waals surface area contributed by atoms with Crippen LogP contribution in [0.4, 0.5) is 0 Å². The quantitative estimate of drug-likeness (QED) is 0.904. The molecular formula is C11H15BrO2. The van der Waals surface area contributed by atoms with Gasteiger partial charge in [0.25, 0.3) is 0 Å². The predicted molar refractivity (Wildman–Crippen MR) is 60.8 cm³/mol. The predicted octanol–water partition coefficient (Wildman–Crippen LogP) is 2.69. The normalized spacial score (nSPS) is 12.6. The van der Waals surface area contributed by atoms with Crippen molar-refractivity contribution in [3.63, 3.8) is 0 Å². The maximum Gasteiger partial charge on any atom is 0.126 e. The maximum atomic E-state index is 9.36. The number of aliphatic hydroxyl groups is 1. The van der Waals surface area contributed by atoms with E-state index in [9.17, 15) is 5.11 Å². The monoisotopic (exact) mass is 258 g/mol. The number of rotatable bonds is 3. The first kappa shape index (κ1) is 11.5. The van der Waals surface area contributed by atoms with Gasteiger partial charge in [0.05, 0.1) is 13.2 Å². The van der Waals surface area contributed by atoms with Crippen LogP contribution in [0.5, 0.6) is 5.75 Å². The first-order chi connectivity index (χ1) is 6.56. The highest BCUT2D eigenvalue weighted by molar-refractivity contribution is 9.10. The number of ether oxygens (including phenoxy) is 1. The molecule has 2 nitrogen and oxygen atoms in total. The second-order valence-corrected chi connectivity index (χ2v) is 4.28. The molecule has 0 amide bonds. The van der Waals surface area contributed by atoms with E-state index in [1.54, 1.807) is 14.0 Å². The van der Waals surface area contributed by atoms with Crippen molar-refractivity contribution >= 4 is 15.9 Å². The van der Waals surface area contributed by atoms with E-state index < -0.39 is 0 Å². The molecule has 3 heteroatoms. The summed E-state index contributed by atoms with van der Waals surface area (Å²) in [5.74, 6) is 0.861. The van der Waals surface area contributed by atoms with Crippen LogP contribution >= 0.6 is 15.9 Å². The van der Waals surface area contributed by atoms with Gasteiger partial charge in [0, 0.05) is 16.5 Å². The third-order valence-electron chi connectivity index (χ3n) is 2.10. The fraction of sp³-hybridized carbons (Fsp3) is 0.455. The van der Waals surface area contributed by atoms with Crippen LogP contribution in [-0.4, -0.2) is 18.3 Å². The zero-order valence-electron chi connectivity index (χ0n) is 8.67. The van der Waals surface area contributed by atoms with Gasteiger partial charge in [-0.3, -0.25) is 0 Å². The summed E-state index contributed by atoms with van der Waals surface area (Å²) in [5.41, 5.74) is 2.12. The van der Waals surface area contributed by atoms with E-state index in [0.717, 1.165) is 21.3 Å². The highest BCUT2D eigenvalue weighted by Gasteiger charge is 2.12. The number of aliphatic hydroxyl groups excluding tert-OH is 1. The molecule has 1 aromatic carbocycles. The molecule has 1 unspecified atom stereocenters. The van der Waals surface area contributed by atoms with Gasteiger partial charge in [-0.15, -0.1) is 0 Å². The topological polar surface area (TPSA) is 29.5 Å². The number of hydrogen-bond donors (Lipinski definition) is 1. The summed E-state index contributed by atoms with van der Waals surface area (Å²) >= 11 is 3.46. The zero-order chi connectivity index (χ0) is 10.7. The summed E-state index contributed by atoms with van der Waals surface area (Å²) in [6.45, 7) is 3.77. The Labute approximate surface area is 93.0 Å². The molecule has 1 atom stereocenters. The van der Waals surface area contributed by atoms with Gasteiger partial charge in [0.1, 0.15) is 5.75 Å². The SMILES string of the molecule is COc1c(C)ccc(Br)c1CC(C)O. The summed E-state index contributed by atoms with van der Waals surface area (Å²) in [4.78, 5) is 0. The van der Waals surface area contributed by atoms with Crippen LogP contribution in [-0.2, 0) is 6.42 Å². The summed E-state index contributed by atoms with van der Waals surface area (Å²) in [5, 5.41) is 9.36. The van der Waals surface area contributed by atoms with E-state index in [0.29, 0.717) is 6.42 Å². The molecule has 1 rings (SSSR count). The fourth-order valence-electron chi connectivity index (χ4n) is 1.49. The van der Waals surface area contributed by atoms with Gasteiger partial charge in [-0.25, -0.2) is 0 Å². The summed E-state index contributed by atoms with van der Waals surface area (Å²) in [7, 11) is 1.65. The smallest absolute Gasteiger partial charge is 0.126 e. The van der Waals surface area contributed by atoms with Gasteiger partial charge < -0.3 is 9.84 Å². The number of halogens is 1. The van der Waals surface area contributed by atoms with E-state index in [1.807, 2.05) is 19.1 Å². The second kappa shape index (κ2) is 4.80. The lowest BCUT2D eigenvalue weighted by Gasteiger charge is -2.14. The van der Waals surface area contributed by atoms with Crippen molar-refractivity contribution in [2.45, 2.75) is 26.4 Å². The van der Waals surface area contributed by atoms with E-state index >= 15 is 0 Å². The molecule has 0 saturated heterocycles. The Hall–Kier alpha value is -0.540. The highest BCUT2D eigenvalue weighted by Crippen LogP contribution is 2.31. The van der Waals surface area contributed by atoms with Crippen LogP contribution in [0.15, 0.2) is 16.6 Å². The number of hydrogen-bond acceptors (Lipinski definition) is 2. The lowest BCUT2D eigenvalue weighted by Crippen LogP contribution is -2.07. The Morgan fingerprint density at radius 1 is 1.50 bits per heavy atom. The minimum atomic E-state index is -0.359. The molecule has 1 aromatic rings. The molecule has 78 valence electrons. The lowest BCUT2D eigenvalue weighted by atomic mass is 10.0. The molecule has 0 aliphatic heterocycles. The number of aryl methyl sites for hydroxylation is 1. The standard InChI is InChI=1S/C11H15BrO2/c1-7-4-5-10(12)9(6-8(2)13)11(7)14-3/h4-5,8,13H,6H2,1-3H3. The first-order valence-corrected chi connectivity index (χ1v) is 5.35. The molecule has 0 bridgehead atoms. The highest BCUT2D eigenvalue weighted by atomic mass is 79.9. The fourth-order valence-corrected chi connectivity index (χ4v) is 1.96. The third kappa shape index (κ3) is 2.49. The average molecular weight is 259 g/mol. The third-order valence-corrected chi connectivity index (χ3v) is 2.85. The zero-order valence-corrected chi connectivity index (χ0v) is 10.3. The summed E-state index contributed by atoms with van der Waals surface area (Å²) in [6.07, 6.45) is 0.243. The van der Waals surface area contributed by atoms with Gasteiger partial charge >= 0.3 is 0 Å². The van der Waals surface area contributed by atoms with Crippen LogP contribution in [0, 0.1) is 6.92 Å². The molecule has 0 heterocycles. The molecule has 0 aliphatic rings. The molecule has 0 saturated carbocycles.